The van der Waals surface area contributed by atoms with Crippen LogP contribution in [0.2, 0.25) is 0 Å². The number of rotatable bonds is 4. The Labute approximate surface area is 120 Å². The van der Waals surface area contributed by atoms with Crippen molar-refractivity contribution in [2.24, 2.45) is 0 Å². The van der Waals surface area contributed by atoms with E-state index >= 15 is 0 Å². The fraction of sp³-hybridized carbons (Fsp3) is 0.786. The standard InChI is InChI=1S/C14H25N3OS/c1-11(2)15-9-12-10-18-13(16-12)17-6-5-14(3,4)19-8-7-17/h10-11,15H,5-9H2,1-4H3. The molecule has 0 unspecified atom stereocenters. The van der Waals surface area contributed by atoms with Crippen molar-refractivity contribution in [3.8, 4) is 0 Å². The minimum Gasteiger partial charge on any atom is -0.432 e. The van der Waals surface area contributed by atoms with Crippen LogP contribution in [0.1, 0.15) is 39.8 Å². The van der Waals surface area contributed by atoms with E-state index in [1.807, 2.05) is 11.8 Å². The summed E-state index contributed by atoms with van der Waals surface area (Å²) in [7, 11) is 0. The van der Waals surface area contributed by atoms with E-state index in [0.29, 0.717) is 10.8 Å². The van der Waals surface area contributed by atoms with Gasteiger partial charge in [0.15, 0.2) is 0 Å². The topological polar surface area (TPSA) is 41.3 Å². The van der Waals surface area contributed by atoms with Crippen molar-refractivity contribution in [2.45, 2.75) is 51.4 Å². The van der Waals surface area contributed by atoms with E-state index in [0.717, 1.165) is 37.1 Å². The molecule has 0 atom stereocenters. The summed E-state index contributed by atoms with van der Waals surface area (Å²) < 4.78 is 5.99. The maximum absolute atomic E-state index is 5.63. The number of hydrogen-bond acceptors (Lipinski definition) is 5. The minimum atomic E-state index is 0.364. The van der Waals surface area contributed by atoms with Crippen molar-refractivity contribution < 1.29 is 4.42 Å². The lowest BCUT2D eigenvalue weighted by Crippen LogP contribution is -2.27. The van der Waals surface area contributed by atoms with E-state index in [-0.39, 0.29) is 0 Å². The summed E-state index contributed by atoms with van der Waals surface area (Å²) in [4.78, 5) is 6.85. The molecule has 5 heteroatoms. The Kier molecular flexibility index (Phi) is 4.79. The first-order valence-corrected chi connectivity index (χ1v) is 8.01. The third kappa shape index (κ3) is 4.42. The number of hydrogen-bond donors (Lipinski definition) is 1. The average Bonchev–Trinajstić information content (AvgIpc) is 2.72. The second-order valence-electron chi connectivity index (χ2n) is 6.00. The average molecular weight is 283 g/mol. The van der Waals surface area contributed by atoms with Gasteiger partial charge >= 0.3 is 0 Å². The summed E-state index contributed by atoms with van der Waals surface area (Å²) in [6, 6.07) is 1.24. The van der Waals surface area contributed by atoms with Gasteiger partial charge in [-0.05, 0) is 6.42 Å². The Bertz CT molecular complexity index is 403. The highest BCUT2D eigenvalue weighted by Crippen LogP contribution is 2.32. The molecule has 1 aromatic heterocycles. The molecule has 0 aliphatic carbocycles. The van der Waals surface area contributed by atoms with Crippen molar-refractivity contribution in [3.63, 3.8) is 0 Å². The number of aromatic nitrogens is 1. The lowest BCUT2D eigenvalue weighted by Gasteiger charge is -2.21. The van der Waals surface area contributed by atoms with Gasteiger partial charge in [0.25, 0.3) is 6.01 Å². The first-order valence-electron chi connectivity index (χ1n) is 7.03. The van der Waals surface area contributed by atoms with Gasteiger partial charge in [0.05, 0.1) is 5.69 Å². The Morgan fingerprint density at radius 3 is 3.00 bits per heavy atom. The van der Waals surface area contributed by atoms with Gasteiger partial charge in [0, 0.05) is 36.2 Å². The molecule has 1 N–H and O–H groups in total. The summed E-state index contributed by atoms with van der Waals surface area (Å²) in [6.07, 6.45) is 2.94. The highest BCUT2D eigenvalue weighted by molar-refractivity contribution is 8.00. The highest BCUT2D eigenvalue weighted by Gasteiger charge is 2.25. The molecule has 108 valence electrons. The van der Waals surface area contributed by atoms with Crippen LogP contribution in [-0.2, 0) is 6.54 Å². The molecule has 0 spiro atoms. The van der Waals surface area contributed by atoms with E-state index < -0.39 is 0 Å². The molecule has 1 fully saturated rings. The van der Waals surface area contributed by atoms with E-state index in [1.54, 1.807) is 6.26 Å². The van der Waals surface area contributed by atoms with Crippen LogP contribution in [0.5, 0.6) is 0 Å². The van der Waals surface area contributed by atoms with Gasteiger partial charge in [-0.2, -0.15) is 16.7 Å². The number of oxazole rings is 1. The molecule has 0 aromatic carbocycles. The Hall–Kier alpha value is -0.680. The molecule has 0 radical (unpaired) electrons. The molecule has 0 amide bonds. The summed E-state index contributed by atoms with van der Waals surface area (Å²) in [6.45, 7) is 11.7. The Balaban J connectivity index is 1.94. The van der Waals surface area contributed by atoms with E-state index in [2.05, 4.69) is 42.9 Å². The first kappa shape index (κ1) is 14.7. The van der Waals surface area contributed by atoms with Crippen LogP contribution >= 0.6 is 11.8 Å². The zero-order valence-corrected chi connectivity index (χ0v) is 13.2. The molecule has 0 bridgehead atoms. The van der Waals surface area contributed by atoms with Gasteiger partial charge in [0.2, 0.25) is 0 Å². The molecule has 1 saturated heterocycles. The first-order chi connectivity index (χ1) is 8.96. The SMILES string of the molecule is CC(C)NCc1coc(N2CCSC(C)(C)CC2)n1. The molecule has 2 rings (SSSR count). The lowest BCUT2D eigenvalue weighted by molar-refractivity contribution is 0.524. The van der Waals surface area contributed by atoms with Crippen molar-refractivity contribution in [1.29, 1.82) is 0 Å². The largest absolute Gasteiger partial charge is 0.432 e. The van der Waals surface area contributed by atoms with E-state index in [1.165, 1.54) is 6.42 Å². The number of nitrogens with zero attached hydrogens (tertiary/aromatic N) is 2. The highest BCUT2D eigenvalue weighted by atomic mass is 32.2. The van der Waals surface area contributed by atoms with Crippen LogP contribution in [0.15, 0.2) is 10.7 Å². The third-order valence-corrected chi connectivity index (χ3v) is 4.71. The Morgan fingerprint density at radius 1 is 1.47 bits per heavy atom. The molecule has 19 heavy (non-hydrogen) atoms. The molecule has 1 aliphatic heterocycles. The van der Waals surface area contributed by atoms with Crippen LogP contribution in [0.25, 0.3) is 0 Å². The van der Waals surface area contributed by atoms with Gasteiger partial charge in [-0.15, -0.1) is 0 Å². The number of anilines is 1. The number of thioether (sulfide) groups is 1. The third-order valence-electron chi connectivity index (χ3n) is 3.34. The normalized spacial score (nSPS) is 19.7. The monoisotopic (exact) mass is 283 g/mol. The molecular weight excluding hydrogens is 258 g/mol. The van der Waals surface area contributed by atoms with Crippen molar-refractivity contribution in [3.05, 3.63) is 12.0 Å². The van der Waals surface area contributed by atoms with Crippen LogP contribution in [-0.4, -0.2) is 34.6 Å². The quantitative estimate of drug-likeness (QED) is 0.920. The smallest absolute Gasteiger partial charge is 0.297 e. The van der Waals surface area contributed by atoms with Crippen molar-refractivity contribution in [1.82, 2.24) is 10.3 Å². The predicted octanol–water partition coefficient (Wildman–Crippen LogP) is 2.89. The fourth-order valence-electron chi connectivity index (χ4n) is 2.04. The lowest BCUT2D eigenvalue weighted by atomic mass is 10.1. The molecule has 1 aromatic rings. The van der Waals surface area contributed by atoms with Gasteiger partial charge in [0.1, 0.15) is 6.26 Å². The van der Waals surface area contributed by atoms with Crippen LogP contribution in [0.3, 0.4) is 0 Å². The molecule has 2 heterocycles. The van der Waals surface area contributed by atoms with Gasteiger partial charge in [-0.25, -0.2) is 0 Å². The summed E-state index contributed by atoms with van der Waals surface area (Å²) in [5.41, 5.74) is 0.986. The van der Waals surface area contributed by atoms with Crippen molar-refractivity contribution >= 4 is 17.8 Å². The van der Waals surface area contributed by atoms with E-state index in [9.17, 15) is 0 Å². The maximum atomic E-state index is 5.63. The molecule has 4 nitrogen and oxygen atoms in total. The second kappa shape index (κ2) is 6.18. The van der Waals surface area contributed by atoms with Gasteiger partial charge < -0.3 is 14.6 Å². The Morgan fingerprint density at radius 2 is 2.26 bits per heavy atom. The van der Waals surface area contributed by atoms with Crippen LogP contribution < -0.4 is 10.2 Å². The predicted molar refractivity (Wildman–Crippen MR) is 81.8 cm³/mol. The van der Waals surface area contributed by atoms with Gasteiger partial charge in [-0.3, -0.25) is 0 Å². The molecule has 0 saturated carbocycles. The molecule has 1 aliphatic rings. The zero-order valence-electron chi connectivity index (χ0n) is 12.4. The second-order valence-corrected chi connectivity index (χ2v) is 7.80. The van der Waals surface area contributed by atoms with Crippen LogP contribution in [0.4, 0.5) is 6.01 Å². The van der Waals surface area contributed by atoms with E-state index in [4.69, 9.17) is 4.42 Å². The van der Waals surface area contributed by atoms with Crippen LogP contribution in [0, 0.1) is 0 Å². The van der Waals surface area contributed by atoms with Crippen molar-refractivity contribution in [2.75, 3.05) is 23.7 Å². The summed E-state index contributed by atoms with van der Waals surface area (Å²) in [5, 5.41) is 3.36. The molecular formula is C14H25N3OS. The minimum absolute atomic E-state index is 0.364. The fourth-order valence-corrected chi connectivity index (χ4v) is 3.14. The summed E-state index contributed by atoms with van der Waals surface area (Å²) in [5.74, 6) is 1.13. The zero-order chi connectivity index (χ0) is 13.9. The number of nitrogens with one attached hydrogen (secondary N) is 1. The maximum Gasteiger partial charge on any atom is 0.297 e. The summed E-state index contributed by atoms with van der Waals surface area (Å²) >= 11 is 2.04. The van der Waals surface area contributed by atoms with Gasteiger partial charge in [-0.1, -0.05) is 27.7 Å².